The molecule has 2 atom stereocenters. The van der Waals surface area contributed by atoms with Gasteiger partial charge in [0.1, 0.15) is 0 Å². The highest BCUT2D eigenvalue weighted by Gasteiger charge is 2.53. The lowest BCUT2D eigenvalue weighted by Gasteiger charge is -2.48. The summed E-state index contributed by atoms with van der Waals surface area (Å²) < 4.78 is 39.8. The van der Waals surface area contributed by atoms with Gasteiger partial charge in [-0.05, 0) is 64.2 Å². The fraction of sp³-hybridized carbons (Fsp3) is 1.00. The van der Waals surface area contributed by atoms with Crippen molar-refractivity contribution in [3.8, 4) is 0 Å². The summed E-state index contributed by atoms with van der Waals surface area (Å²) in [5.41, 5.74) is -0.816. The maximum atomic E-state index is 11.2. The van der Waals surface area contributed by atoms with Crippen molar-refractivity contribution in [3.63, 3.8) is 0 Å². The molecule has 2 unspecified atom stereocenters. The van der Waals surface area contributed by atoms with E-state index in [2.05, 4.69) is 27.7 Å². The highest BCUT2D eigenvalue weighted by Crippen LogP contribution is 2.45. The van der Waals surface area contributed by atoms with Gasteiger partial charge in [0, 0.05) is 62.6 Å². The summed E-state index contributed by atoms with van der Waals surface area (Å²) in [5, 5.41) is 22.4. The van der Waals surface area contributed by atoms with Crippen LogP contribution in [0.4, 0.5) is 0 Å². The van der Waals surface area contributed by atoms with Crippen molar-refractivity contribution < 1.29 is 36.8 Å². The van der Waals surface area contributed by atoms with E-state index in [1.165, 1.54) is 148 Å². The molecule has 3 rings (SSSR count). The average molecular weight is 857 g/mol. The Morgan fingerprint density at radius 3 is 1.02 bits per heavy atom. The van der Waals surface area contributed by atoms with E-state index in [1.807, 2.05) is 0 Å². The molecule has 0 amide bonds. The zero-order valence-electron chi connectivity index (χ0n) is 38.8. The van der Waals surface area contributed by atoms with E-state index in [9.17, 15) is 10.2 Å². The smallest absolute Gasteiger partial charge is 0.396 e. The molecule has 0 radical (unpaired) electrons. The quantitative estimate of drug-likeness (QED) is 0.0732. The van der Waals surface area contributed by atoms with Crippen molar-refractivity contribution in [2.24, 2.45) is 22.7 Å². The Morgan fingerprint density at radius 1 is 0.414 bits per heavy atom. The van der Waals surface area contributed by atoms with Crippen LogP contribution in [0.25, 0.3) is 0 Å². The van der Waals surface area contributed by atoms with Crippen molar-refractivity contribution in [2.75, 3.05) is 52.9 Å². The normalized spacial score (nSPS) is 31.8. The number of aliphatic hydroxyl groups is 2. The van der Waals surface area contributed by atoms with E-state index in [4.69, 9.17) is 26.6 Å². The van der Waals surface area contributed by atoms with Crippen molar-refractivity contribution in [2.45, 2.75) is 232 Å². The number of rotatable bonds is 24. The van der Waals surface area contributed by atoms with Gasteiger partial charge < -0.3 is 36.8 Å². The van der Waals surface area contributed by atoms with E-state index in [-0.39, 0.29) is 13.2 Å². The maximum Gasteiger partial charge on any atom is 0.500 e. The van der Waals surface area contributed by atoms with Crippen LogP contribution in [0.1, 0.15) is 220 Å². The predicted molar refractivity (Wildman–Crippen MR) is 244 cm³/mol. The third-order valence-electron chi connectivity index (χ3n) is 14.3. The van der Waals surface area contributed by atoms with Gasteiger partial charge in [-0.3, -0.25) is 0 Å². The monoisotopic (exact) mass is 857 g/mol. The lowest BCUT2D eigenvalue weighted by Crippen LogP contribution is -2.59. The first-order valence-corrected chi connectivity index (χ1v) is 29.3. The summed E-state index contributed by atoms with van der Waals surface area (Å²) in [6, 6.07) is 1.75. The number of unbranched alkanes of at least 4 members (excludes halogenated alkanes) is 12. The van der Waals surface area contributed by atoms with Gasteiger partial charge in [-0.1, -0.05) is 168 Å². The Kier molecular flexibility index (Phi) is 28.1. The van der Waals surface area contributed by atoms with Gasteiger partial charge in [0.25, 0.3) is 0 Å². The standard InChI is InChI=1S/C48H96O8Si2/c1-5-9-11-13-22-26-30-37-57(51-7-3)53-41-47(39-49,42-54-57)45-33-28-24-20-18-16-15-17-19-21-25-29-34-46(36-32-35-45)48(40-50)43-55-58(52-8-4,56-44-48)38-31-27-23-14-12-10-6-2/h45-46,49-50H,5-44H2,1-4H3. The molecule has 3 aliphatic rings. The fourth-order valence-electron chi connectivity index (χ4n) is 10.2. The first kappa shape index (κ1) is 52.5. The number of hydrogen-bond acceptors (Lipinski definition) is 8. The molecular weight excluding hydrogens is 761 g/mol. The molecule has 58 heavy (non-hydrogen) atoms. The molecule has 2 N–H and O–H groups in total. The molecule has 3 fully saturated rings. The molecule has 2 saturated heterocycles. The van der Waals surface area contributed by atoms with Crippen LogP contribution in [0.5, 0.6) is 0 Å². The second kappa shape index (κ2) is 31.0. The maximum absolute atomic E-state index is 11.2. The summed E-state index contributed by atoms with van der Waals surface area (Å²) in [6.45, 7) is 12.2. The van der Waals surface area contributed by atoms with Crippen molar-refractivity contribution in [1.29, 1.82) is 0 Å². The molecule has 344 valence electrons. The molecule has 0 aromatic heterocycles. The second-order valence-electron chi connectivity index (χ2n) is 19.0. The molecule has 1 saturated carbocycles. The Bertz CT molecular complexity index is 897. The van der Waals surface area contributed by atoms with E-state index < -0.39 is 28.4 Å². The van der Waals surface area contributed by atoms with Crippen molar-refractivity contribution in [3.05, 3.63) is 0 Å². The van der Waals surface area contributed by atoms with Crippen LogP contribution in [0.2, 0.25) is 12.1 Å². The van der Waals surface area contributed by atoms with E-state index in [1.54, 1.807) is 0 Å². The largest absolute Gasteiger partial charge is 0.500 e. The molecule has 0 aromatic rings. The van der Waals surface area contributed by atoms with E-state index in [0.717, 1.165) is 57.0 Å². The second-order valence-corrected chi connectivity index (χ2v) is 24.4. The minimum absolute atomic E-state index is 0.0836. The molecule has 2 heterocycles. The number of hydrogen-bond donors (Lipinski definition) is 2. The molecule has 0 bridgehead atoms. The van der Waals surface area contributed by atoms with E-state index in [0.29, 0.717) is 51.5 Å². The number of aliphatic hydroxyl groups excluding tert-OH is 2. The summed E-state index contributed by atoms with van der Waals surface area (Å²) >= 11 is 0. The van der Waals surface area contributed by atoms with Crippen LogP contribution >= 0.6 is 0 Å². The third-order valence-corrected chi connectivity index (χ3v) is 20.0. The third kappa shape index (κ3) is 18.5. The Hall–Kier alpha value is 0.114. The zero-order valence-corrected chi connectivity index (χ0v) is 40.8. The minimum Gasteiger partial charge on any atom is -0.396 e. The van der Waals surface area contributed by atoms with Crippen molar-refractivity contribution in [1.82, 2.24) is 0 Å². The van der Waals surface area contributed by atoms with Gasteiger partial charge >= 0.3 is 17.6 Å². The van der Waals surface area contributed by atoms with Crippen molar-refractivity contribution >= 4 is 17.6 Å². The molecule has 10 heteroatoms. The zero-order chi connectivity index (χ0) is 41.7. The molecule has 2 aliphatic heterocycles. The Balaban J connectivity index is 1.70. The molecule has 0 aromatic carbocycles. The lowest BCUT2D eigenvalue weighted by atomic mass is 9.69. The van der Waals surface area contributed by atoms with Gasteiger partial charge in [0.15, 0.2) is 0 Å². The molecule has 0 spiro atoms. The fourth-order valence-corrected chi connectivity index (χ4v) is 15.9. The molecule has 1 aliphatic carbocycles. The van der Waals surface area contributed by atoms with E-state index >= 15 is 0 Å². The predicted octanol–water partition coefficient (Wildman–Crippen LogP) is 13.0. The van der Waals surface area contributed by atoms with Gasteiger partial charge in [-0.2, -0.15) is 0 Å². The minimum atomic E-state index is -2.77. The lowest BCUT2D eigenvalue weighted by molar-refractivity contribution is -0.113. The van der Waals surface area contributed by atoms with Crippen LogP contribution in [-0.4, -0.2) is 80.7 Å². The van der Waals surface area contributed by atoms with Crippen LogP contribution in [0, 0.1) is 22.7 Å². The topological polar surface area (TPSA) is 95.8 Å². The van der Waals surface area contributed by atoms with Gasteiger partial charge in [0.2, 0.25) is 0 Å². The highest BCUT2D eigenvalue weighted by molar-refractivity contribution is 6.61. The van der Waals surface area contributed by atoms with Crippen LogP contribution in [-0.2, 0) is 26.6 Å². The van der Waals surface area contributed by atoms with Crippen LogP contribution in [0.15, 0.2) is 0 Å². The van der Waals surface area contributed by atoms with Crippen LogP contribution < -0.4 is 0 Å². The van der Waals surface area contributed by atoms with Gasteiger partial charge in [-0.25, -0.2) is 0 Å². The summed E-state index contributed by atoms with van der Waals surface area (Å²) in [5.74, 6) is 0.626. The van der Waals surface area contributed by atoms with Gasteiger partial charge in [-0.15, -0.1) is 0 Å². The van der Waals surface area contributed by atoms with Gasteiger partial charge in [0.05, 0.1) is 13.2 Å². The molecular formula is C48H96O8Si2. The summed E-state index contributed by atoms with van der Waals surface area (Å²) in [6.07, 6.45) is 37.1. The summed E-state index contributed by atoms with van der Waals surface area (Å²) in [7, 11) is -5.54. The molecule has 8 nitrogen and oxygen atoms in total. The SMILES string of the molecule is CCCCCCCCC[Si]1(OCC)OCC(CO)(C2CCCCCCCCCCCCCC(C3(CO)CO[Si](CCCCCCCCC)(OCC)OC3)CCC2)CO1. The first-order chi connectivity index (χ1) is 28.4. The first-order valence-electron chi connectivity index (χ1n) is 25.5. The Morgan fingerprint density at radius 2 is 0.707 bits per heavy atom. The summed E-state index contributed by atoms with van der Waals surface area (Å²) in [4.78, 5) is 0. The van der Waals surface area contributed by atoms with Crippen LogP contribution in [0.3, 0.4) is 0 Å². The highest BCUT2D eigenvalue weighted by atomic mass is 28.4. The Labute approximate surface area is 361 Å². The average Bonchev–Trinajstić information content (AvgIpc) is 3.24.